The number of hydrogen-bond acceptors (Lipinski definition) is 5. The SMILES string of the molecule is Cc1cccc(F)c1CN1CC[C@@H](NC(=O)c2ccc3[nH]nc(-c4ccc(OC(C)C)nc4)c3c2)C1. The van der Waals surface area contributed by atoms with E-state index in [0.717, 1.165) is 46.3 Å². The van der Waals surface area contributed by atoms with Crippen molar-refractivity contribution in [2.75, 3.05) is 13.1 Å². The highest BCUT2D eigenvalue weighted by atomic mass is 19.1. The van der Waals surface area contributed by atoms with Crippen LogP contribution in [0.15, 0.2) is 54.7 Å². The van der Waals surface area contributed by atoms with E-state index in [9.17, 15) is 9.18 Å². The average Bonchev–Trinajstić information content (AvgIpc) is 3.48. The zero-order valence-electron chi connectivity index (χ0n) is 20.7. The van der Waals surface area contributed by atoms with Gasteiger partial charge in [0, 0.05) is 60.0 Å². The molecule has 2 N–H and O–H groups in total. The molecular formula is C28H30FN5O2. The Morgan fingerprint density at radius 1 is 1.25 bits per heavy atom. The van der Waals surface area contributed by atoms with E-state index in [0.29, 0.717) is 24.5 Å². The summed E-state index contributed by atoms with van der Waals surface area (Å²) in [6.45, 7) is 7.89. The molecule has 3 heterocycles. The van der Waals surface area contributed by atoms with Crippen LogP contribution >= 0.6 is 0 Å². The molecule has 0 unspecified atom stereocenters. The molecule has 8 heteroatoms. The molecule has 0 radical (unpaired) electrons. The minimum atomic E-state index is -0.177. The molecule has 0 bridgehead atoms. The van der Waals surface area contributed by atoms with Crippen molar-refractivity contribution >= 4 is 16.8 Å². The fourth-order valence-corrected chi connectivity index (χ4v) is 4.66. The Bertz CT molecular complexity index is 1360. The molecule has 5 rings (SSSR count). The van der Waals surface area contributed by atoms with Gasteiger partial charge in [0.25, 0.3) is 5.91 Å². The van der Waals surface area contributed by atoms with Gasteiger partial charge in [0.15, 0.2) is 0 Å². The first kappa shape index (κ1) is 23.9. The number of carbonyl (C=O) groups is 1. The van der Waals surface area contributed by atoms with Crippen molar-refractivity contribution in [2.24, 2.45) is 0 Å². The largest absolute Gasteiger partial charge is 0.475 e. The first-order valence-corrected chi connectivity index (χ1v) is 12.3. The zero-order valence-corrected chi connectivity index (χ0v) is 20.7. The van der Waals surface area contributed by atoms with Crippen molar-refractivity contribution < 1.29 is 13.9 Å². The van der Waals surface area contributed by atoms with Gasteiger partial charge in [-0.25, -0.2) is 9.37 Å². The Balaban J connectivity index is 1.27. The van der Waals surface area contributed by atoms with Gasteiger partial charge in [0.05, 0.1) is 11.6 Å². The smallest absolute Gasteiger partial charge is 0.251 e. The Labute approximate surface area is 209 Å². The van der Waals surface area contributed by atoms with Gasteiger partial charge in [-0.05, 0) is 63.1 Å². The van der Waals surface area contributed by atoms with Crippen molar-refractivity contribution in [3.8, 4) is 17.1 Å². The molecule has 36 heavy (non-hydrogen) atoms. The molecule has 7 nitrogen and oxygen atoms in total. The van der Waals surface area contributed by atoms with Crippen molar-refractivity contribution in [3.63, 3.8) is 0 Å². The van der Waals surface area contributed by atoms with Gasteiger partial charge in [-0.1, -0.05) is 12.1 Å². The van der Waals surface area contributed by atoms with E-state index in [4.69, 9.17) is 4.74 Å². The van der Waals surface area contributed by atoms with Crippen molar-refractivity contribution in [1.29, 1.82) is 0 Å². The van der Waals surface area contributed by atoms with Crippen molar-refractivity contribution in [2.45, 2.75) is 45.9 Å². The summed E-state index contributed by atoms with van der Waals surface area (Å²) in [5.41, 5.74) is 4.66. The van der Waals surface area contributed by atoms with Crippen LogP contribution in [-0.2, 0) is 6.54 Å². The number of nitrogens with zero attached hydrogens (tertiary/aromatic N) is 3. The second kappa shape index (κ2) is 10.1. The average molecular weight is 488 g/mol. The Kier molecular flexibility index (Phi) is 6.69. The summed E-state index contributed by atoms with van der Waals surface area (Å²) in [6.07, 6.45) is 2.60. The van der Waals surface area contributed by atoms with Crippen molar-refractivity contribution in [1.82, 2.24) is 25.4 Å². The van der Waals surface area contributed by atoms with Gasteiger partial charge in [-0.2, -0.15) is 5.10 Å². The lowest BCUT2D eigenvalue weighted by atomic mass is 10.1. The number of pyridine rings is 1. The second-order valence-electron chi connectivity index (χ2n) is 9.61. The lowest BCUT2D eigenvalue weighted by molar-refractivity contribution is 0.0937. The predicted molar refractivity (Wildman–Crippen MR) is 137 cm³/mol. The molecule has 2 aromatic heterocycles. The summed E-state index contributed by atoms with van der Waals surface area (Å²) in [5.74, 6) is 0.255. The number of fused-ring (bicyclic) bond motifs is 1. The number of amides is 1. The summed E-state index contributed by atoms with van der Waals surface area (Å²) in [4.78, 5) is 19.6. The van der Waals surface area contributed by atoms with E-state index in [-0.39, 0.29) is 23.9 Å². The lowest BCUT2D eigenvalue weighted by Gasteiger charge is -2.18. The highest BCUT2D eigenvalue weighted by Gasteiger charge is 2.25. The van der Waals surface area contributed by atoms with Gasteiger partial charge in [0.2, 0.25) is 5.88 Å². The van der Waals surface area contributed by atoms with E-state index in [1.807, 2.05) is 51.1 Å². The Morgan fingerprint density at radius 2 is 2.11 bits per heavy atom. The van der Waals surface area contributed by atoms with Gasteiger partial charge >= 0.3 is 0 Å². The van der Waals surface area contributed by atoms with Gasteiger partial charge < -0.3 is 10.1 Å². The van der Waals surface area contributed by atoms with E-state index >= 15 is 0 Å². The van der Waals surface area contributed by atoms with Crippen LogP contribution < -0.4 is 10.1 Å². The molecule has 1 aliphatic heterocycles. The van der Waals surface area contributed by atoms with E-state index in [1.165, 1.54) is 6.07 Å². The molecule has 1 atom stereocenters. The fraction of sp³-hybridized carbons (Fsp3) is 0.321. The minimum absolute atomic E-state index is 0.0156. The summed E-state index contributed by atoms with van der Waals surface area (Å²) in [7, 11) is 0. The third-order valence-electron chi connectivity index (χ3n) is 6.53. The number of hydrogen-bond donors (Lipinski definition) is 2. The standard InChI is InChI=1S/C28H30FN5O2/c1-17(2)36-26-10-8-20(14-30-26)27-22-13-19(7-9-25(22)32-33-27)28(35)31-21-11-12-34(15-21)16-23-18(3)5-4-6-24(23)29/h4-10,13-14,17,21H,11-12,15-16H2,1-3H3,(H,31,35)(H,32,33)/t21-/m1/s1. The molecule has 0 saturated carbocycles. The predicted octanol–water partition coefficient (Wildman–Crippen LogP) is 4.86. The molecule has 1 fully saturated rings. The van der Waals surface area contributed by atoms with Gasteiger partial charge in [-0.15, -0.1) is 0 Å². The maximum atomic E-state index is 14.2. The molecule has 4 aromatic rings. The molecule has 1 saturated heterocycles. The van der Waals surface area contributed by atoms with Crippen LogP contribution in [0.4, 0.5) is 4.39 Å². The Hall–Kier alpha value is -3.78. The molecule has 2 aromatic carbocycles. The summed E-state index contributed by atoms with van der Waals surface area (Å²) < 4.78 is 19.9. The minimum Gasteiger partial charge on any atom is -0.475 e. The number of nitrogens with one attached hydrogen (secondary N) is 2. The first-order chi connectivity index (χ1) is 17.4. The van der Waals surface area contributed by atoms with Gasteiger partial charge in [-0.3, -0.25) is 14.8 Å². The van der Waals surface area contributed by atoms with Crippen LogP contribution in [0.5, 0.6) is 5.88 Å². The zero-order chi connectivity index (χ0) is 25.2. The quantitative estimate of drug-likeness (QED) is 0.389. The number of likely N-dealkylation sites (tertiary alicyclic amines) is 1. The molecule has 0 aliphatic carbocycles. The van der Waals surface area contributed by atoms with Gasteiger partial charge in [0.1, 0.15) is 11.5 Å². The molecule has 1 aliphatic rings. The number of aromatic nitrogens is 3. The maximum absolute atomic E-state index is 14.2. The fourth-order valence-electron chi connectivity index (χ4n) is 4.66. The summed E-state index contributed by atoms with van der Waals surface area (Å²) in [5, 5.41) is 11.5. The Morgan fingerprint density at radius 3 is 2.86 bits per heavy atom. The number of ether oxygens (including phenoxy) is 1. The lowest BCUT2D eigenvalue weighted by Crippen LogP contribution is -2.37. The van der Waals surface area contributed by atoms with E-state index in [2.05, 4.69) is 25.4 Å². The number of aryl methyl sites for hydroxylation is 1. The third-order valence-corrected chi connectivity index (χ3v) is 6.53. The van der Waals surface area contributed by atoms with Crippen LogP contribution in [0.25, 0.3) is 22.2 Å². The summed E-state index contributed by atoms with van der Waals surface area (Å²) in [6, 6.07) is 14.4. The number of carbonyl (C=O) groups excluding carboxylic acids is 1. The number of H-pyrrole nitrogens is 1. The normalized spacial score (nSPS) is 16.1. The number of halogens is 1. The number of rotatable bonds is 7. The highest BCUT2D eigenvalue weighted by Crippen LogP contribution is 2.28. The molecule has 186 valence electrons. The topological polar surface area (TPSA) is 83.1 Å². The number of aromatic amines is 1. The van der Waals surface area contributed by atoms with Crippen LogP contribution in [0.2, 0.25) is 0 Å². The monoisotopic (exact) mass is 487 g/mol. The second-order valence-corrected chi connectivity index (χ2v) is 9.61. The van der Waals surface area contributed by atoms with Crippen LogP contribution in [0.3, 0.4) is 0 Å². The van der Waals surface area contributed by atoms with Crippen LogP contribution in [0.1, 0.15) is 41.8 Å². The van der Waals surface area contributed by atoms with E-state index < -0.39 is 0 Å². The summed E-state index contributed by atoms with van der Waals surface area (Å²) >= 11 is 0. The van der Waals surface area contributed by atoms with E-state index in [1.54, 1.807) is 18.3 Å². The van der Waals surface area contributed by atoms with Crippen molar-refractivity contribution in [3.05, 3.63) is 77.2 Å². The maximum Gasteiger partial charge on any atom is 0.251 e. The third kappa shape index (κ3) is 5.09. The van der Waals surface area contributed by atoms with Crippen LogP contribution in [0, 0.1) is 12.7 Å². The van der Waals surface area contributed by atoms with Crippen LogP contribution in [-0.4, -0.2) is 51.2 Å². The highest BCUT2D eigenvalue weighted by molar-refractivity contribution is 6.01. The molecule has 0 spiro atoms. The molecular weight excluding hydrogens is 457 g/mol. The molecule has 1 amide bonds. The first-order valence-electron chi connectivity index (χ1n) is 12.3. The number of benzene rings is 2.